The Hall–Kier alpha value is -2.67. The molecule has 5 heterocycles. The lowest BCUT2D eigenvalue weighted by molar-refractivity contribution is 0.0160. The van der Waals surface area contributed by atoms with E-state index in [9.17, 15) is 4.79 Å². The van der Waals surface area contributed by atoms with Crippen LogP contribution in [0.3, 0.4) is 0 Å². The largest absolute Gasteiger partial charge is 0.445 e. The monoisotopic (exact) mass is 405 g/mol. The quantitative estimate of drug-likeness (QED) is 0.652. The summed E-state index contributed by atoms with van der Waals surface area (Å²) in [5.74, 6) is 1.91. The number of nitrogens with zero attached hydrogens (tertiary/aromatic N) is 5. The second-order valence-corrected chi connectivity index (χ2v) is 9.16. The van der Waals surface area contributed by atoms with Crippen LogP contribution in [0.2, 0.25) is 0 Å². The molecule has 156 valence electrons. The Morgan fingerprint density at radius 1 is 1.23 bits per heavy atom. The fourth-order valence-corrected chi connectivity index (χ4v) is 5.21. The van der Waals surface area contributed by atoms with Gasteiger partial charge in [-0.1, -0.05) is 0 Å². The van der Waals surface area contributed by atoms with Crippen LogP contribution >= 0.6 is 0 Å². The summed E-state index contributed by atoms with van der Waals surface area (Å²) >= 11 is 0. The molecule has 0 spiro atoms. The summed E-state index contributed by atoms with van der Waals surface area (Å²) in [7, 11) is 1.96. The van der Waals surface area contributed by atoms with E-state index in [0.29, 0.717) is 23.4 Å². The summed E-state index contributed by atoms with van der Waals surface area (Å²) < 4.78 is 7.51. The fourth-order valence-electron chi connectivity index (χ4n) is 5.21. The molecule has 2 bridgehead atoms. The number of aromatic nitrogens is 3. The molecule has 3 aromatic rings. The summed E-state index contributed by atoms with van der Waals surface area (Å²) in [6, 6.07) is 6.32. The summed E-state index contributed by atoms with van der Waals surface area (Å²) in [5, 5.41) is 5.75. The minimum absolute atomic E-state index is 0.0390. The van der Waals surface area contributed by atoms with E-state index in [-0.39, 0.29) is 11.9 Å². The molecule has 4 aliphatic rings. The number of carbonyl (C=O) groups excluding carboxylic acids is 1. The molecule has 1 aromatic carbocycles. The molecule has 1 atom stereocenters. The maximum absolute atomic E-state index is 13.6. The number of piperidine rings is 3. The number of benzene rings is 1. The van der Waals surface area contributed by atoms with E-state index in [4.69, 9.17) is 9.52 Å². The van der Waals surface area contributed by atoms with Crippen LogP contribution in [0.1, 0.15) is 36.2 Å². The number of likely N-dealkylation sites (N-methyl/N-ethyl adjacent to an activating group) is 1. The first kappa shape index (κ1) is 18.1. The number of amides is 1. The van der Waals surface area contributed by atoms with E-state index in [1.165, 1.54) is 38.8 Å². The van der Waals surface area contributed by atoms with Gasteiger partial charge in [0.05, 0.1) is 11.7 Å². The Balaban J connectivity index is 1.37. The number of hydrogen-bond acceptors (Lipinski definition) is 5. The molecule has 7 heteroatoms. The predicted octanol–water partition coefficient (Wildman–Crippen LogP) is 3.27. The van der Waals surface area contributed by atoms with E-state index in [0.717, 1.165) is 29.6 Å². The summed E-state index contributed by atoms with van der Waals surface area (Å²) in [6.07, 6.45) is 8.10. The molecule has 7 nitrogen and oxygen atoms in total. The first-order valence-electron chi connectivity index (χ1n) is 11.1. The summed E-state index contributed by atoms with van der Waals surface area (Å²) in [5.41, 5.74) is 2.47. The van der Waals surface area contributed by atoms with Crippen molar-refractivity contribution in [3.63, 3.8) is 0 Å². The Labute approximate surface area is 175 Å². The minimum atomic E-state index is 0.0390. The second kappa shape index (κ2) is 6.94. The minimum Gasteiger partial charge on any atom is -0.445 e. The van der Waals surface area contributed by atoms with Gasteiger partial charge in [-0.25, -0.2) is 4.98 Å². The van der Waals surface area contributed by atoms with E-state index in [1.807, 2.05) is 28.8 Å². The van der Waals surface area contributed by atoms with Gasteiger partial charge in [0.25, 0.3) is 5.91 Å². The molecule has 2 aromatic heterocycles. The normalized spacial score (nSPS) is 25.7. The Kier molecular flexibility index (Phi) is 4.19. The van der Waals surface area contributed by atoms with Gasteiger partial charge in [0, 0.05) is 37.1 Å². The molecular weight excluding hydrogens is 378 g/mol. The van der Waals surface area contributed by atoms with Crippen LogP contribution < -0.4 is 0 Å². The number of hydrogen-bond donors (Lipinski definition) is 0. The standard InChI is InChI=1S/C23H27N5O2/c1-26(20-14-27-9-6-16(20)7-10-27)23(29)21-18-5-4-17(22-24-8-11-30-22)12-19(18)28(25-21)13-15-2-3-15/h4-5,8,11-12,15-16,20H,2-3,6-7,9-10,13-14H2,1H3/t20-/m1/s1. The van der Waals surface area contributed by atoms with E-state index >= 15 is 0 Å². The van der Waals surface area contributed by atoms with E-state index in [2.05, 4.69) is 16.0 Å². The molecule has 3 aliphatic heterocycles. The molecule has 0 unspecified atom stereocenters. The summed E-state index contributed by atoms with van der Waals surface area (Å²) in [4.78, 5) is 22.3. The van der Waals surface area contributed by atoms with Crippen molar-refractivity contribution in [1.29, 1.82) is 0 Å². The second-order valence-electron chi connectivity index (χ2n) is 9.16. The highest BCUT2D eigenvalue weighted by molar-refractivity contribution is 6.05. The lowest BCUT2D eigenvalue weighted by atomic mass is 9.83. The SMILES string of the molecule is CN(C(=O)c1nn(CC2CC2)c2cc(-c3ncco3)ccc12)[C@@H]1CN2CCC1CC2. The molecule has 30 heavy (non-hydrogen) atoms. The third kappa shape index (κ3) is 3.03. The van der Waals surface area contributed by atoms with E-state index < -0.39 is 0 Å². The highest BCUT2D eigenvalue weighted by Gasteiger charge is 2.39. The molecule has 4 fully saturated rings. The highest BCUT2D eigenvalue weighted by Crippen LogP contribution is 2.35. The molecule has 7 rings (SSSR count). The van der Waals surface area contributed by atoms with Crippen LogP contribution in [0.4, 0.5) is 0 Å². The average molecular weight is 406 g/mol. The Morgan fingerprint density at radius 2 is 2.07 bits per heavy atom. The summed E-state index contributed by atoms with van der Waals surface area (Å²) in [6.45, 7) is 4.20. The van der Waals surface area contributed by atoms with Gasteiger partial charge in [-0.15, -0.1) is 0 Å². The van der Waals surface area contributed by atoms with Gasteiger partial charge in [-0.2, -0.15) is 5.10 Å². The number of rotatable bonds is 5. The van der Waals surface area contributed by atoms with Crippen LogP contribution in [0.15, 0.2) is 35.1 Å². The van der Waals surface area contributed by atoms with Gasteiger partial charge in [0.1, 0.15) is 6.26 Å². The van der Waals surface area contributed by atoms with Gasteiger partial charge < -0.3 is 14.2 Å². The fraction of sp³-hybridized carbons (Fsp3) is 0.522. The van der Waals surface area contributed by atoms with Gasteiger partial charge >= 0.3 is 0 Å². The maximum atomic E-state index is 13.6. The third-order valence-electron chi connectivity index (χ3n) is 7.20. The van der Waals surface area contributed by atoms with Crippen LogP contribution in [0.25, 0.3) is 22.4 Å². The first-order valence-corrected chi connectivity index (χ1v) is 11.1. The number of fused-ring (bicyclic) bond motifs is 4. The third-order valence-corrected chi connectivity index (χ3v) is 7.20. The zero-order chi connectivity index (χ0) is 20.2. The molecular formula is C23H27N5O2. The topological polar surface area (TPSA) is 67.4 Å². The molecule has 3 saturated heterocycles. The number of oxazole rings is 1. The average Bonchev–Trinajstić information content (AvgIpc) is 3.30. The van der Waals surface area contributed by atoms with E-state index in [1.54, 1.807) is 12.5 Å². The van der Waals surface area contributed by atoms with Gasteiger partial charge in [0.15, 0.2) is 5.69 Å². The van der Waals surface area contributed by atoms with Gasteiger partial charge in [0.2, 0.25) is 5.89 Å². The Morgan fingerprint density at radius 3 is 2.73 bits per heavy atom. The van der Waals surface area contributed by atoms with Crippen molar-refractivity contribution in [3.8, 4) is 11.5 Å². The molecule has 1 aliphatic carbocycles. The van der Waals surface area contributed by atoms with Gasteiger partial charge in [-0.3, -0.25) is 9.48 Å². The zero-order valence-electron chi connectivity index (χ0n) is 17.3. The van der Waals surface area contributed by atoms with Crippen molar-refractivity contribution in [3.05, 3.63) is 36.4 Å². The van der Waals surface area contributed by atoms with Crippen molar-refractivity contribution >= 4 is 16.8 Å². The van der Waals surface area contributed by atoms with Crippen LogP contribution in [-0.4, -0.2) is 63.2 Å². The van der Waals surface area contributed by atoms with Crippen molar-refractivity contribution in [2.24, 2.45) is 11.8 Å². The van der Waals surface area contributed by atoms with Crippen molar-refractivity contribution in [1.82, 2.24) is 24.6 Å². The smallest absolute Gasteiger partial charge is 0.275 e. The lowest BCUT2D eigenvalue weighted by Gasteiger charge is -2.47. The molecule has 0 radical (unpaired) electrons. The van der Waals surface area contributed by atoms with Gasteiger partial charge in [-0.05, 0) is 68.8 Å². The molecule has 0 N–H and O–H groups in total. The van der Waals surface area contributed by atoms with Crippen molar-refractivity contribution in [2.45, 2.75) is 38.3 Å². The predicted molar refractivity (Wildman–Crippen MR) is 113 cm³/mol. The number of carbonyl (C=O) groups is 1. The maximum Gasteiger partial charge on any atom is 0.275 e. The van der Waals surface area contributed by atoms with Crippen molar-refractivity contribution < 1.29 is 9.21 Å². The van der Waals surface area contributed by atoms with Crippen LogP contribution in [-0.2, 0) is 6.54 Å². The van der Waals surface area contributed by atoms with Crippen molar-refractivity contribution in [2.75, 3.05) is 26.7 Å². The molecule has 1 amide bonds. The molecule has 1 saturated carbocycles. The lowest BCUT2D eigenvalue weighted by Crippen LogP contribution is -2.57. The highest BCUT2D eigenvalue weighted by atomic mass is 16.3. The Bertz CT molecular complexity index is 1080. The van der Waals surface area contributed by atoms with Crippen LogP contribution in [0, 0.1) is 11.8 Å². The zero-order valence-corrected chi connectivity index (χ0v) is 17.3. The first-order chi connectivity index (χ1) is 14.7. The van der Waals surface area contributed by atoms with Crippen LogP contribution in [0.5, 0.6) is 0 Å².